The van der Waals surface area contributed by atoms with Gasteiger partial charge >= 0.3 is 0 Å². The van der Waals surface area contributed by atoms with Crippen molar-refractivity contribution in [3.63, 3.8) is 0 Å². The summed E-state index contributed by atoms with van der Waals surface area (Å²) in [6.45, 7) is 2.21. The lowest BCUT2D eigenvalue weighted by Gasteiger charge is -2.26. The molecule has 120 valence electrons. The number of amides is 1. The summed E-state index contributed by atoms with van der Waals surface area (Å²) in [5.41, 5.74) is 0.935. The van der Waals surface area contributed by atoms with Crippen molar-refractivity contribution in [1.29, 1.82) is 0 Å². The van der Waals surface area contributed by atoms with Crippen LogP contribution in [0, 0.1) is 0 Å². The highest BCUT2D eigenvalue weighted by atomic mass is 35.5. The molecule has 1 aliphatic rings. The van der Waals surface area contributed by atoms with Gasteiger partial charge in [-0.25, -0.2) is 9.97 Å². The molecule has 23 heavy (non-hydrogen) atoms. The van der Waals surface area contributed by atoms with Crippen molar-refractivity contribution < 1.29 is 9.53 Å². The topological polar surface area (TPSA) is 67.4 Å². The summed E-state index contributed by atoms with van der Waals surface area (Å²) in [7, 11) is 0. The third-order valence-corrected chi connectivity index (χ3v) is 3.94. The fourth-order valence-electron chi connectivity index (χ4n) is 2.20. The fraction of sp³-hybridized carbons (Fsp3) is 0.267. The summed E-state index contributed by atoms with van der Waals surface area (Å²) in [6.07, 6.45) is 1.34. The molecule has 1 N–H and O–H groups in total. The maximum atomic E-state index is 12.4. The number of rotatable bonds is 3. The van der Waals surface area contributed by atoms with Crippen LogP contribution < -0.4 is 5.32 Å². The Morgan fingerprint density at radius 2 is 1.96 bits per heavy atom. The van der Waals surface area contributed by atoms with Crippen molar-refractivity contribution >= 4 is 40.6 Å². The number of carbonyl (C=O) groups excluding carboxylic acids is 1. The summed E-state index contributed by atoms with van der Waals surface area (Å²) in [5, 5.41) is 4.11. The van der Waals surface area contributed by atoms with Crippen LogP contribution in [0.15, 0.2) is 30.6 Å². The average Bonchev–Trinajstić information content (AvgIpc) is 2.58. The Balaban J connectivity index is 1.79. The van der Waals surface area contributed by atoms with E-state index in [1.165, 1.54) is 6.33 Å². The van der Waals surface area contributed by atoms with Gasteiger partial charge in [0.15, 0.2) is 0 Å². The molecule has 0 spiro atoms. The van der Waals surface area contributed by atoms with Gasteiger partial charge in [0.25, 0.3) is 5.91 Å². The van der Waals surface area contributed by atoms with E-state index in [9.17, 15) is 4.79 Å². The maximum absolute atomic E-state index is 12.4. The number of halogens is 2. The Bertz CT molecular complexity index is 720. The SMILES string of the molecule is O=C(c1cc(Nc2cc(Cl)ccc2Cl)ncn1)N1CCOCC1. The predicted octanol–water partition coefficient (Wildman–Crippen LogP) is 3.00. The molecule has 1 aromatic carbocycles. The van der Waals surface area contributed by atoms with Gasteiger partial charge in [0.05, 0.1) is 23.9 Å². The van der Waals surface area contributed by atoms with Gasteiger partial charge in [-0.3, -0.25) is 4.79 Å². The Kier molecular flexibility index (Phi) is 4.95. The van der Waals surface area contributed by atoms with E-state index >= 15 is 0 Å². The smallest absolute Gasteiger partial charge is 0.272 e. The largest absolute Gasteiger partial charge is 0.378 e. The molecule has 2 heterocycles. The Morgan fingerprint density at radius 3 is 2.74 bits per heavy atom. The van der Waals surface area contributed by atoms with Crippen molar-refractivity contribution in [3.8, 4) is 0 Å². The molecule has 0 bridgehead atoms. The van der Waals surface area contributed by atoms with Crippen LogP contribution in [-0.4, -0.2) is 47.1 Å². The molecule has 0 atom stereocenters. The lowest BCUT2D eigenvalue weighted by atomic mass is 10.3. The molecule has 1 amide bonds. The van der Waals surface area contributed by atoms with Crippen LogP contribution in [0.2, 0.25) is 10.0 Å². The molecule has 1 fully saturated rings. The number of benzene rings is 1. The molecule has 6 nitrogen and oxygen atoms in total. The zero-order valence-electron chi connectivity index (χ0n) is 12.1. The van der Waals surface area contributed by atoms with Gasteiger partial charge in [-0.05, 0) is 18.2 Å². The summed E-state index contributed by atoms with van der Waals surface area (Å²) in [6, 6.07) is 6.67. The first kappa shape index (κ1) is 16.0. The van der Waals surface area contributed by atoms with E-state index in [-0.39, 0.29) is 5.91 Å². The number of carbonyl (C=O) groups is 1. The van der Waals surface area contributed by atoms with Crippen molar-refractivity contribution in [2.75, 3.05) is 31.6 Å². The fourth-order valence-corrected chi connectivity index (χ4v) is 2.54. The number of hydrogen-bond donors (Lipinski definition) is 1. The number of nitrogens with one attached hydrogen (secondary N) is 1. The van der Waals surface area contributed by atoms with E-state index in [2.05, 4.69) is 15.3 Å². The molecule has 1 aromatic heterocycles. The highest BCUT2D eigenvalue weighted by Crippen LogP contribution is 2.27. The Morgan fingerprint density at radius 1 is 1.17 bits per heavy atom. The molecule has 0 unspecified atom stereocenters. The predicted molar refractivity (Wildman–Crippen MR) is 88.5 cm³/mol. The second kappa shape index (κ2) is 7.12. The van der Waals surface area contributed by atoms with Gasteiger partial charge in [0.1, 0.15) is 17.8 Å². The van der Waals surface area contributed by atoms with E-state index < -0.39 is 0 Å². The van der Waals surface area contributed by atoms with E-state index in [0.717, 1.165) is 0 Å². The highest BCUT2D eigenvalue weighted by molar-refractivity contribution is 6.35. The number of ether oxygens (including phenoxy) is 1. The van der Waals surface area contributed by atoms with Gasteiger partial charge in [0.2, 0.25) is 0 Å². The second-order valence-corrected chi connectivity index (χ2v) is 5.79. The third kappa shape index (κ3) is 3.90. The van der Waals surface area contributed by atoms with Gasteiger partial charge in [0, 0.05) is 24.2 Å². The monoisotopic (exact) mass is 352 g/mol. The summed E-state index contributed by atoms with van der Waals surface area (Å²) in [4.78, 5) is 22.3. The minimum absolute atomic E-state index is 0.143. The minimum Gasteiger partial charge on any atom is -0.378 e. The second-order valence-electron chi connectivity index (χ2n) is 4.94. The standard InChI is InChI=1S/C15H14Cl2N4O2/c16-10-1-2-11(17)12(7-10)20-14-8-13(18-9-19-14)15(22)21-3-5-23-6-4-21/h1-2,7-9H,3-6H2,(H,18,19,20). The summed E-state index contributed by atoms with van der Waals surface area (Å²) < 4.78 is 5.25. The number of morpholine rings is 1. The zero-order chi connectivity index (χ0) is 16.2. The van der Waals surface area contributed by atoms with Crippen LogP contribution in [0.25, 0.3) is 0 Å². The summed E-state index contributed by atoms with van der Waals surface area (Å²) in [5.74, 6) is 0.330. The normalized spacial score (nSPS) is 14.6. The molecule has 1 saturated heterocycles. The van der Waals surface area contributed by atoms with Gasteiger partial charge in [-0.1, -0.05) is 23.2 Å². The molecule has 0 radical (unpaired) electrons. The molecule has 0 aliphatic carbocycles. The molecule has 3 rings (SSSR count). The lowest BCUT2D eigenvalue weighted by molar-refractivity contribution is 0.0299. The van der Waals surface area contributed by atoms with Crippen LogP contribution in [0.4, 0.5) is 11.5 Å². The van der Waals surface area contributed by atoms with Gasteiger partial charge < -0.3 is 15.0 Å². The van der Waals surface area contributed by atoms with E-state index in [1.54, 1.807) is 29.2 Å². The van der Waals surface area contributed by atoms with Gasteiger partial charge in [-0.15, -0.1) is 0 Å². The lowest BCUT2D eigenvalue weighted by Crippen LogP contribution is -2.41. The van der Waals surface area contributed by atoms with Crippen LogP contribution in [0.5, 0.6) is 0 Å². The van der Waals surface area contributed by atoms with Crippen LogP contribution in [-0.2, 0) is 4.74 Å². The molecule has 1 aliphatic heterocycles. The van der Waals surface area contributed by atoms with E-state index in [0.29, 0.717) is 53.5 Å². The Hall–Kier alpha value is -1.89. The van der Waals surface area contributed by atoms with Crippen molar-refractivity contribution in [3.05, 3.63) is 46.3 Å². The molecule has 8 heteroatoms. The first-order valence-corrected chi connectivity index (χ1v) is 7.80. The van der Waals surface area contributed by atoms with Crippen molar-refractivity contribution in [1.82, 2.24) is 14.9 Å². The van der Waals surface area contributed by atoms with Crippen LogP contribution in [0.1, 0.15) is 10.5 Å². The number of hydrogen-bond acceptors (Lipinski definition) is 5. The molecule has 0 saturated carbocycles. The van der Waals surface area contributed by atoms with Crippen molar-refractivity contribution in [2.45, 2.75) is 0 Å². The Labute approximate surface area is 143 Å². The average molecular weight is 353 g/mol. The molecular formula is C15H14Cl2N4O2. The molecule has 2 aromatic rings. The van der Waals surface area contributed by atoms with E-state index in [4.69, 9.17) is 27.9 Å². The van der Waals surface area contributed by atoms with Crippen LogP contribution in [0.3, 0.4) is 0 Å². The van der Waals surface area contributed by atoms with E-state index in [1.807, 2.05) is 0 Å². The third-order valence-electron chi connectivity index (χ3n) is 3.38. The summed E-state index contributed by atoms with van der Waals surface area (Å²) >= 11 is 12.1. The van der Waals surface area contributed by atoms with Crippen LogP contribution >= 0.6 is 23.2 Å². The van der Waals surface area contributed by atoms with Crippen molar-refractivity contribution in [2.24, 2.45) is 0 Å². The number of nitrogens with zero attached hydrogens (tertiary/aromatic N) is 3. The highest BCUT2D eigenvalue weighted by Gasteiger charge is 2.20. The minimum atomic E-state index is -0.143. The molecular weight excluding hydrogens is 339 g/mol. The maximum Gasteiger partial charge on any atom is 0.272 e. The first-order valence-electron chi connectivity index (χ1n) is 7.04. The first-order chi connectivity index (χ1) is 11.1. The van der Waals surface area contributed by atoms with Gasteiger partial charge in [-0.2, -0.15) is 0 Å². The number of anilines is 2. The zero-order valence-corrected chi connectivity index (χ0v) is 13.6. The number of aromatic nitrogens is 2. The quantitative estimate of drug-likeness (QED) is 0.919.